The number of carbonyl (C=O) groups is 1. The van der Waals surface area contributed by atoms with Crippen molar-refractivity contribution in [1.82, 2.24) is 5.32 Å². The summed E-state index contributed by atoms with van der Waals surface area (Å²) >= 11 is 1.82. The van der Waals surface area contributed by atoms with Crippen molar-refractivity contribution < 1.29 is 9.53 Å². The van der Waals surface area contributed by atoms with E-state index in [9.17, 15) is 4.79 Å². The van der Waals surface area contributed by atoms with E-state index in [4.69, 9.17) is 4.74 Å². The van der Waals surface area contributed by atoms with E-state index in [2.05, 4.69) is 50.4 Å². The molecule has 0 saturated carbocycles. The SMILES string of the molecule is Cc1cccc(CSCCNC(=O)[C@H](C)Oc2ccccc2C(C)C)c1. The maximum atomic E-state index is 12.3. The Bertz CT molecular complexity index is 715. The molecule has 2 aromatic carbocycles. The van der Waals surface area contributed by atoms with Crippen LogP contribution in [-0.2, 0) is 10.5 Å². The van der Waals surface area contributed by atoms with E-state index in [1.165, 1.54) is 11.1 Å². The first-order valence-electron chi connectivity index (χ1n) is 9.14. The van der Waals surface area contributed by atoms with Crippen LogP contribution in [0.3, 0.4) is 0 Å². The highest BCUT2D eigenvalue weighted by Gasteiger charge is 2.16. The van der Waals surface area contributed by atoms with E-state index in [1.54, 1.807) is 6.92 Å². The molecule has 0 aliphatic heterocycles. The third kappa shape index (κ3) is 6.41. The maximum Gasteiger partial charge on any atom is 0.260 e. The van der Waals surface area contributed by atoms with Crippen LogP contribution in [0.5, 0.6) is 5.75 Å². The molecule has 0 aliphatic rings. The molecule has 0 saturated heterocycles. The highest BCUT2D eigenvalue weighted by molar-refractivity contribution is 7.98. The summed E-state index contributed by atoms with van der Waals surface area (Å²) in [7, 11) is 0. The van der Waals surface area contributed by atoms with Gasteiger partial charge in [0.05, 0.1) is 0 Å². The lowest BCUT2D eigenvalue weighted by Crippen LogP contribution is -2.37. The lowest BCUT2D eigenvalue weighted by Gasteiger charge is -2.18. The summed E-state index contributed by atoms with van der Waals surface area (Å²) in [5.74, 6) is 2.93. The average Bonchev–Trinajstić information content (AvgIpc) is 2.61. The number of aryl methyl sites for hydroxylation is 1. The van der Waals surface area contributed by atoms with Crippen LogP contribution in [0.25, 0.3) is 0 Å². The van der Waals surface area contributed by atoms with Crippen molar-refractivity contribution in [3.8, 4) is 5.75 Å². The number of benzene rings is 2. The first kappa shape index (κ1) is 20.4. The van der Waals surface area contributed by atoms with Gasteiger partial charge in [-0.15, -0.1) is 0 Å². The topological polar surface area (TPSA) is 38.3 Å². The third-order valence-corrected chi connectivity index (χ3v) is 5.14. The van der Waals surface area contributed by atoms with Gasteiger partial charge in [-0.05, 0) is 37.0 Å². The Morgan fingerprint density at radius 1 is 1.12 bits per heavy atom. The second-order valence-corrected chi connectivity index (χ2v) is 7.89. The Hall–Kier alpha value is -1.94. The Morgan fingerprint density at radius 2 is 1.88 bits per heavy atom. The molecule has 0 unspecified atom stereocenters. The number of rotatable bonds is 9. The molecule has 0 bridgehead atoms. The zero-order valence-electron chi connectivity index (χ0n) is 16.1. The van der Waals surface area contributed by atoms with Crippen LogP contribution in [0, 0.1) is 6.92 Å². The zero-order chi connectivity index (χ0) is 18.9. The maximum absolute atomic E-state index is 12.3. The predicted octanol–water partition coefficient (Wildman–Crippen LogP) is 4.94. The van der Waals surface area contributed by atoms with Gasteiger partial charge in [-0.1, -0.05) is 61.9 Å². The number of ether oxygens (including phenoxy) is 1. The van der Waals surface area contributed by atoms with Crippen LogP contribution < -0.4 is 10.1 Å². The fourth-order valence-electron chi connectivity index (χ4n) is 2.69. The Labute approximate surface area is 161 Å². The molecular weight excluding hydrogens is 342 g/mol. The number of hydrogen-bond donors (Lipinski definition) is 1. The van der Waals surface area contributed by atoms with Gasteiger partial charge in [0, 0.05) is 18.1 Å². The largest absolute Gasteiger partial charge is 0.481 e. The zero-order valence-corrected chi connectivity index (χ0v) is 16.9. The van der Waals surface area contributed by atoms with Crippen molar-refractivity contribution in [3.63, 3.8) is 0 Å². The van der Waals surface area contributed by atoms with Gasteiger partial charge in [-0.25, -0.2) is 0 Å². The fourth-order valence-corrected chi connectivity index (χ4v) is 3.50. The van der Waals surface area contributed by atoms with E-state index >= 15 is 0 Å². The second-order valence-electron chi connectivity index (χ2n) is 6.79. The van der Waals surface area contributed by atoms with Crippen LogP contribution in [0.4, 0.5) is 0 Å². The van der Waals surface area contributed by atoms with Crippen LogP contribution in [-0.4, -0.2) is 24.3 Å². The highest BCUT2D eigenvalue weighted by Crippen LogP contribution is 2.26. The van der Waals surface area contributed by atoms with Crippen molar-refractivity contribution in [2.75, 3.05) is 12.3 Å². The van der Waals surface area contributed by atoms with Gasteiger partial charge in [0.2, 0.25) is 0 Å². The highest BCUT2D eigenvalue weighted by atomic mass is 32.2. The predicted molar refractivity (Wildman–Crippen MR) is 111 cm³/mol. The monoisotopic (exact) mass is 371 g/mol. The van der Waals surface area contributed by atoms with Crippen molar-refractivity contribution in [1.29, 1.82) is 0 Å². The molecule has 26 heavy (non-hydrogen) atoms. The molecule has 0 aromatic heterocycles. The van der Waals surface area contributed by atoms with Crippen molar-refractivity contribution >= 4 is 17.7 Å². The molecule has 3 nitrogen and oxygen atoms in total. The number of para-hydroxylation sites is 1. The first-order valence-corrected chi connectivity index (χ1v) is 10.3. The molecule has 1 N–H and O–H groups in total. The lowest BCUT2D eigenvalue weighted by molar-refractivity contribution is -0.127. The Morgan fingerprint density at radius 3 is 2.62 bits per heavy atom. The third-order valence-electron chi connectivity index (χ3n) is 4.11. The van der Waals surface area contributed by atoms with Gasteiger partial charge in [0.25, 0.3) is 5.91 Å². The minimum absolute atomic E-state index is 0.0697. The van der Waals surface area contributed by atoms with E-state index < -0.39 is 6.10 Å². The van der Waals surface area contributed by atoms with E-state index in [0.29, 0.717) is 12.5 Å². The van der Waals surface area contributed by atoms with Crippen LogP contribution >= 0.6 is 11.8 Å². The van der Waals surface area contributed by atoms with Crippen LogP contribution in [0.1, 0.15) is 43.4 Å². The van der Waals surface area contributed by atoms with Crippen molar-refractivity contribution in [2.45, 2.75) is 45.5 Å². The minimum Gasteiger partial charge on any atom is -0.481 e. The Kier molecular flexibility index (Phi) is 8.05. The smallest absolute Gasteiger partial charge is 0.260 e. The molecule has 0 radical (unpaired) electrons. The number of nitrogens with one attached hydrogen (secondary N) is 1. The summed E-state index contributed by atoms with van der Waals surface area (Å²) in [6.45, 7) is 8.80. The fraction of sp³-hybridized carbons (Fsp3) is 0.409. The first-order chi connectivity index (χ1) is 12.5. The van der Waals surface area contributed by atoms with E-state index in [-0.39, 0.29) is 5.91 Å². The lowest BCUT2D eigenvalue weighted by atomic mass is 10.0. The molecule has 2 aromatic rings. The number of hydrogen-bond acceptors (Lipinski definition) is 3. The molecule has 0 heterocycles. The van der Waals surface area contributed by atoms with E-state index in [0.717, 1.165) is 22.8 Å². The van der Waals surface area contributed by atoms with Crippen molar-refractivity contribution in [2.24, 2.45) is 0 Å². The number of amides is 1. The standard InChI is InChI=1S/C22H29NO2S/c1-16(2)20-10-5-6-11-21(20)25-18(4)22(24)23-12-13-26-15-19-9-7-8-17(3)14-19/h5-11,14,16,18H,12-13,15H2,1-4H3,(H,23,24)/t18-/m0/s1. The minimum atomic E-state index is -0.503. The van der Waals surface area contributed by atoms with Gasteiger partial charge < -0.3 is 10.1 Å². The average molecular weight is 372 g/mol. The van der Waals surface area contributed by atoms with E-state index in [1.807, 2.05) is 36.0 Å². The van der Waals surface area contributed by atoms with Gasteiger partial charge >= 0.3 is 0 Å². The summed E-state index contributed by atoms with van der Waals surface area (Å²) < 4.78 is 5.89. The summed E-state index contributed by atoms with van der Waals surface area (Å²) in [4.78, 5) is 12.3. The molecule has 2 rings (SSSR count). The summed E-state index contributed by atoms with van der Waals surface area (Å²) in [5.41, 5.74) is 3.73. The molecule has 0 fully saturated rings. The van der Waals surface area contributed by atoms with Crippen molar-refractivity contribution in [3.05, 3.63) is 65.2 Å². The molecule has 0 spiro atoms. The normalized spacial score (nSPS) is 12.0. The van der Waals surface area contributed by atoms with Gasteiger partial charge in [0.1, 0.15) is 5.75 Å². The molecule has 4 heteroatoms. The summed E-state index contributed by atoms with van der Waals surface area (Å²) in [6, 6.07) is 16.4. The molecular formula is C22H29NO2S. The van der Waals surface area contributed by atoms with Gasteiger partial charge in [0.15, 0.2) is 6.10 Å². The van der Waals surface area contributed by atoms with Gasteiger partial charge in [-0.2, -0.15) is 11.8 Å². The summed E-state index contributed by atoms with van der Waals surface area (Å²) in [5, 5.41) is 2.96. The Balaban J connectivity index is 1.72. The van der Waals surface area contributed by atoms with Crippen LogP contribution in [0.15, 0.2) is 48.5 Å². The number of thioether (sulfide) groups is 1. The summed E-state index contributed by atoms with van der Waals surface area (Å²) in [6.07, 6.45) is -0.503. The quantitative estimate of drug-likeness (QED) is 0.635. The second kappa shape index (κ2) is 10.3. The molecule has 1 atom stereocenters. The van der Waals surface area contributed by atoms with Gasteiger partial charge in [-0.3, -0.25) is 4.79 Å². The molecule has 140 valence electrons. The molecule has 1 amide bonds. The molecule has 0 aliphatic carbocycles. The van der Waals surface area contributed by atoms with Crippen LogP contribution in [0.2, 0.25) is 0 Å². The number of carbonyl (C=O) groups excluding carboxylic acids is 1.